The molecule has 0 aliphatic rings. The summed E-state index contributed by atoms with van der Waals surface area (Å²) < 4.78 is 12.1. The fourth-order valence-corrected chi connectivity index (χ4v) is 4.55. The summed E-state index contributed by atoms with van der Waals surface area (Å²) >= 11 is 6.44. The van der Waals surface area contributed by atoms with Crippen LogP contribution in [0.5, 0.6) is 5.75 Å². The Labute approximate surface area is 213 Å². The molecule has 5 aromatic rings. The Morgan fingerprint density at radius 1 is 0.861 bits per heavy atom. The first-order chi connectivity index (χ1) is 17.4. The number of halogens is 1. The molecule has 0 atom stereocenters. The molecule has 0 aliphatic carbocycles. The second kappa shape index (κ2) is 9.84. The van der Waals surface area contributed by atoms with Gasteiger partial charge in [-0.3, -0.25) is 9.59 Å². The van der Waals surface area contributed by atoms with E-state index in [0.717, 1.165) is 22.3 Å². The maximum Gasteiger partial charge on any atom is 0.235 e. The molecule has 0 unspecified atom stereocenters. The first kappa shape index (κ1) is 23.6. The molecule has 5 rings (SSSR count). The van der Waals surface area contributed by atoms with Crippen molar-refractivity contribution < 1.29 is 13.9 Å². The molecule has 1 heterocycles. The average Bonchev–Trinajstić information content (AvgIpc) is 2.88. The summed E-state index contributed by atoms with van der Waals surface area (Å²) in [5.74, 6) is -0.0769. The van der Waals surface area contributed by atoms with Crippen molar-refractivity contribution in [1.29, 1.82) is 0 Å². The third-order valence-electron chi connectivity index (χ3n) is 6.08. The van der Waals surface area contributed by atoms with Crippen LogP contribution in [0.25, 0.3) is 33.4 Å². The van der Waals surface area contributed by atoms with Gasteiger partial charge >= 0.3 is 0 Å². The van der Waals surface area contributed by atoms with E-state index in [-0.39, 0.29) is 29.3 Å². The molecule has 0 saturated heterocycles. The number of ketones is 1. The zero-order valence-corrected chi connectivity index (χ0v) is 20.6. The topological polar surface area (TPSA) is 56.5 Å². The Hall–Kier alpha value is -4.15. The lowest BCUT2D eigenvalue weighted by Gasteiger charge is -2.14. The van der Waals surface area contributed by atoms with Crippen molar-refractivity contribution in [3.63, 3.8) is 0 Å². The zero-order chi connectivity index (χ0) is 25.2. The van der Waals surface area contributed by atoms with E-state index < -0.39 is 0 Å². The highest BCUT2D eigenvalue weighted by molar-refractivity contribution is 6.33. The molecule has 0 fully saturated rings. The van der Waals surface area contributed by atoms with Gasteiger partial charge in [-0.15, -0.1) is 0 Å². The second-order valence-electron chi connectivity index (χ2n) is 8.68. The van der Waals surface area contributed by atoms with Gasteiger partial charge in [-0.25, -0.2) is 0 Å². The number of carbonyl (C=O) groups excluding carboxylic acids is 1. The molecule has 0 aliphatic heterocycles. The second-order valence-corrected chi connectivity index (χ2v) is 9.09. The van der Waals surface area contributed by atoms with Gasteiger partial charge in [0.2, 0.25) is 11.2 Å². The van der Waals surface area contributed by atoms with Gasteiger partial charge < -0.3 is 9.15 Å². The van der Waals surface area contributed by atoms with Gasteiger partial charge in [0.05, 0.1) is 10.4 Å². The molecule has 0 N–H and O–H groups in total. The van der Waals surface area contributed by atoms with Crippen molar-refractivity contribution in [3.8, 4) is 28.2 Å². The number of Topliss-reactive ketones (excluding diaryl/α,β-unsaturated/α-hetero) is 1. The predicted molar refractivity (Wildman–Crippen MR) is 144 cm³/mol. The summed E-state index contributed by atoms with van der Waals surface area (Å²) in [7, 11) is 0. The van der Waals surface area contributed by atoms with Crippen LogP contribution < -0.4 is 10.2 Å². The standard InChI is InChI=1S/C31H23ClO4/c1-19-16-20(2)28-27(17-19)36-30(24-10-6-7-11-25(24)32)31(29(28)34)35-18-26(33)23-14-12-22(13-15-23)21-8-4-3-5-9-21/h3-17H,18H2,1-2H3. The first-order valence-corrected chi connectivity index (χ1v) is 11.9. The fourth-order valence-electron chi connectivity index (χ4n) is 4.33. The molecular formula is C31H23ClO4. The van der Waals surface area contributed by atoms with Gasteiger partial charge in [-0.2, -0.15) is 0 Å². The van der Waals surface area contributed by atoms with Gasteiger partial charge in [-0.1, -0.05) is 84.4 Å². The number of aryl methyl sites for hydroxylation is 2. The molecule has 4 aromatic carbocycles. The van der Waals surface area contributed by atoms with Gasteiger partial charge in [0.25, 0.3) is 0 Å². The van der Waals surface area contributed by atoms with E-state index in [0.29, 0.717) is 27.1 Å². The highest BCUT2D eigenvalue weighted by Gasteiger charge is 2.22. The summed E-state index contributed by atoms with van der Waals surface area (Å²) in [6.45, 7) is 3.47. The normalized spacial score (nSPS) is 11.0. The number of hydrogen-bond donors (Lipinski definition) is 0. The van der Waals surface area contributed by atoms with Crippen LogP contribution in [-0.4, -0.2) is 12.4 Å². The Morgan fingerprint density at radius 3 is 2.25 bits per heavy atom. The van der Waals surface area contributed by atoms with Crippen molar-refractivity contribution >= 4 is 28.4 Å². The molecule has 5 heteroatoms. The molecule has 1 aromatic heterocycles. The summed E-state index contributed by atoms with van der Waals surface area (Å²) in [6.07, 6.45) is 0. The summed E-state index contributed by atoms with van der Waals surface area (Å²) in [5, 5.41) is 0.836. The van der Waals surface area contributed by atoms with E-state index in [9.17, 15) is 9.59 Å². The molecule has 0 amide bonds. The van der Waals surface area contributed by atoms with E-state index >= 15 is 0 Å². The quantitative estimate of drug-likeness (QED) is 0.227. The number of fused-ring (bicyclic) bond motifs is 1. The molecule has 0 saturated carbocycles. The van der Waals surface area contributed by atoms with Crippen molar-refractivity contribution in [2.75, 3.05) is 6.61 Å². The number of hydrogen-bond acceptors (Lipinski definition) is 4. The zero-order valence-electron chi connectivity index (χ0n) is 19.9. The highest BCUT2D eigenvalue weighted by atomic mass is 35.5. The SMILES string of the molecule is Cc1cc(C)c2c(=O)c(OCC(=O)c3ccc(-c4ccccc4)cc3)c(-c3ccccc3Cl)oc2c1. The molecule has 4 nitrogen and oxygen atoms in total. The van der Waals surface area contributed by atoms with Crippen LogP contribution >= 0.6 is 11.6 Å². The van der Waals surface area contributed by atoms with Gasteiger partial charge in [0.1, 0.15) is 5.58 Å². The first-order valence-electron chi connectivity index (χ1n) is 11.6. The minimum Gasteiger partial charge on any atom is -0.478 e. The van der Waals surface area contributed by atoms with E-state index in [1.165, 1.54) is 0 Å². The molecular weight excluding hydrogens is 472 g/mol. The van der Waals surface area contributed by atoms with E-state index in [1.54, 1.807) is 36.4 Å². The minimum absolute atomic E-state index is 0.0307. The number of carbonyl (C=O) groups is 1. The minimum atomic E-state index is -0.337. The molecule has 178 valence electrons. The van der Waals surface area contributed by atoms with Crippen molar-refractivity contribution in [2.24, 2.45) is 0 Å². The molecule has 0 radical (unpaired) electrons. The van der Waals surface area contributed by atoms with Gasteiger partial charge in [0.15, 0.2) is 18.2 Å². The van der Waals surface area contributed by atoms with Crippen LogP contribution in [0.3, 0.4) is 0 Å². The Morgan fingerprint density at radius 2 is 1.53 bits per heavy atom. The molecule has 0 bridgehead atoms. The number of benzene rings is 4. The monoisotopic (exact) mass is 494 g/mol. The van der Waals surface area contributed by atoms with Crippen LogP contribution in [0.2, 0.25) is 5.02 Å². The van der Waals surface area contributed by atoms with Crippen LogP contribution in [0.1, 0.15) is 21.5 Å². The van der Waals surface area contributed by atoms with Crippen LogP contribution in [0.15, 0.2) is 100 Å². The van der Waals surface area contributed by atoms with Crippen LogP contribution in [-0.2, 0) is 0 Å². The average molecular weight is 495 g/mol. The van der Waals surface area contributed by atoms with Gasteiger partial charge in [-0.05, 0) is 54.3 Å². The van der Waals surface area contributed by atoms with Crippen molar-refractivity contribution in [1.82, 2.24) is 0 Å². The predicted octanol–water partition coefficient (Wildman–Crippen LogP) is 7.66. The van der Waals surface area contributed by atoms with Crippen LogP contribution in [0.4, 0.5) is 0 Å². The lowest BCUT2D eigenvalue weighted by molar-refractivity contribution is 0.0920. The summed E-state index contributed by atoms with van der Waals surface area (Å²) in [6, 6.07) is 28.0. The lowest BCUT2D eigenvalue weighted by atomic mass is 10.0. The molecule has 0 spiro atoms. The number of rotatable bonds is 6. The Bertz CT molecular complexity index is 1630. The summed E-state index contributed by atoms with van der Waals surface area (Å²) in [4.78, 5) is 26.6. The largest absolute Gasteiger partial charge is 0.478 e. The van der Waals surface area contributed by atoms with Gasteiger partial charge in [0, 0.05) is 11.1 Å². The van der Waals surface area contributed by atoms with Crippen molar-refractivity contribution in [2.45, 2.75) is 13.8 Å². The maximum absolute atomic E-state index is 13.6. The highest BCUT2D eigenvalue weighted by Crippen LogP contribution is 2.36. The smallest absolute Gasteiger partial charge is 0.235 e. The lowest BCUT2D eigenvalue weighted by Crippen LogP contribution is -2.17. The Balaban J connectivity index is 1.50. The van der Waals surface area contributed by atoms with E-state index in [4.69, 9.17) is 20.8 Å². The maximum atomic E-state index is 13.6. The van der Waals surface area contributed by atoms with Crippen LogP contribution in [0, 0.1) is 13.8 Å². The van der Waals surface area contributed by atoms with E-state index in [2.05, 4.69) is 0 Å². The molecule has 36 heavy (non-hydrogen) atoms. The third kappa shape index (κ3) is 4.56. The summed E-state index contributed by atoms with van der Waals surface area (Å²) in [5.41, 5.74) is 4.94. The number of ether oxygens (including phenoxy) is 1. The fraction of sp³-hybridized carbons (Fsp3) is 0.0968. The van der Waals surface area contributed by atoms with E-state index in [1.807, 2.05) is 68.4 Å². The Kier molecular flexibility index (Phi) is 6.45. The third-order valence-corrected chi connectivity index (χ3v) is 6.40. The van der Waals surface area contributed by atoms with Crippen molar-refractivity contribution in [3.05, 3.63) is 123 Å².